The van der Waals surface area contributed by atoms with E-state index in [1.165, 1.54) is 25.7 Å². The van der Waals surface area contributed by atoms with Gasteiger partial charge in [-0.3, -0.25) is 4.79 Å². The summed E-state index contributed by atoms with van der Waals surface area (Å²) in [5.41, 5.74) is 0. The lowest BCUT2D eigenvalue weighted by atomic mass is 10.1. The first-order chi connectivity index (χ1) is 7.72. The molecule has 0 aromatic rings. The molecule has 3 nitrogen and oxygen atoms in total. The second kappa shape index (κ2) is 7.17. The van der Waals surface area contributed by atoms with Gasteiger partial charge in [0.1, 0.15) is 0 Å². The Balaban J connectivity index is 2.07. The van der Waals surface area contributed by atoms with E-state index >= 15 is 0 Å². The highest BCUT2D eigenvalue weighted by Crippen LogP contribution is 2.39. The summed E-state index contributed by atoms with van der Waals surface area (Å²) >= 11 is 2.01. The van der Waals surface area contributed by atoms with E-state index in [0.717, 1.165) is 19.5 Å². The van der Waals surface area contributed by atoms with Crippen molar-refractivity contribution < 1.29 is 4.79 Å². The highest BCUT2D eigenvalue weighted by Gasteiger charge is 2.32. The van der Waals surface area contributed by atoms with Gasteiger partial charge in [0.25, 0.3) is 0 Å². The maximum Gasteiger partial charge on any atom is 0.219 e. The van der Waals surface area contributed by atoms with Gasteiger partial charge in [-0.05, 0) is 32.1 Å². The van der Waals surface area contributed by atoms with Gasteiger partial charge in [-0.25, -0.2) is 0 Å². The molecule has 2 N–H and O–H groups in total. The van der Waals surface area contributed by atoms with Gasteiger partial charge in [-0.1, -0.05) is 12.8 Å². The number of carbonyl (C=O) groups excluding carboxylic acids is 1. The first kappa shape index (κ1) is 13.8. The molecule has 1 aliphatic rings. The van der Waals surface area contributed by atoms with E-state index in [4.69, 9.17) is 0 Å². The van der Waals surface area contributed by atoms with Crippen LogP contribution in [-0.4, -0.2) is 37.0 Å². The van der Waals surface area contributed by atoms with Crippen LogP contribution in [0, 0.1) is 0 Å². The second-order valence-corrected chi connectivity index (χ2v) is 5.82. The van der Waals surface area contributed by atoms with Crippen molar-refractivity contribution in [3.05, 3.63) is 0 Å². The number of carbonyl (C=O) groups is 1. The van der Waals surface area contributed by atoms with Crippen LogP contribution >= 0.6 is 11.8 Å². The summed E-state index contributed by atoms with van der Waals surface area (Å²) in [5.74, 6) is 0.141. The van der Waals surface area contributed by atoms with E-state index in [1.807, 2.05) is 11.8 Å². The van der Waals surface area contributed by atoms with Gasteiger partial charge in [-0.2, -0.15) is 11.8 Å². The Morgan fingerprint density at radius 3 is 2.62 bits per heavy atom. The molecule has 1 fully saturated rings. The van der Waals surface area contributed by atoms with Crippen LogP contribution in [-0.2, 0) is 4.79 Å². The molecule has 1 amide bonds. The van der Waals surface area contributed by atoms with Crippen molar-refractivity contribution in [2.45, 2.75) is 43.3 Å². The van der Waals surface area contributed by atoms with E-state index < -0.39 is 0 Å². The lowest BCUT2D eigenvalue weighted by molar-refractivity contribution is -0.120. The molecular weight excluding hydrogens is 220 g/mol. The van der Waals surface area contributed by atoms with Gasteiger partial charge in [-0.15, -0.1) is 0 Å². The lowest BCUT2D eigenvalue weighted by Gasteiger charge is -2.27. The van der Waals surface area contributed by atoms with Crippen molar-refractivity contribution in [3.63, 3.8) is 0 Å². The summed E-state index contributed by atoms with van der Waals surface area (Å²) in [6.45, 7) is 2.05. The zero-order chi connectivity index (χ0) is 11.9. The van der Waals surface area contributed by atoms with Crippen LogP contribution in [0.1, 0.15) is 38.5 Å². The number of hydrogen-bond acceptors (Lipinski definition) is 3. The molecule has 4 heteroatoms. The predicted molar refractivity (Wildman–Crippen MR) is 70.9 cm³/mol. The quantitative estimate of drug-likeness (QED) is 0.671. The monoisotopic (exact) mass is 244 g/mol. The normalized spacial score (nSPS) is 18.6. The molecule has 0 unspecified atom stereocenters. The van der Waals surface area contributed by atoms with Crippen LogP contribution in [0.15, 0.2) is 0 Å². The molecule has 0 aromatic carbocycles. The summed E-state index contributed by atoms with van der Waals surface area (Å²) < 4.78 is 0.479. The third-order valence-corrected chi connectivity index (χ3v) is 4.85. The van der Waals surface area contributed by atoms with Crippen molar-refractivity contribution in [2.24, 2.45) is 0 Å². The van der Waals surface area contributed by atoms with Crippen LogP contribution in [0.25, 0.3) is 0 Å². The minimum absolute atomic E-state index is 0.141. The molecule has 0 radical (unpaired) electrons. The van der Waals surface area contributed by atoms with Crippen LogP contribution in [0.5, 0.6) is 0 Å². The van der Waals surface area contributed by atoms with E-state index in [0.29, 0.717) is 11.2 Å². The number of rotatable bonds is 7. The first-order valence-corrected chi connectivity index (χ1v) is 7.41. The van der Waals surface area contributed by atoms with Gasteiger partial charge < -0.3 is 10.6 Å². The minimum atomic E-state index is 0.141. The fraction of sp³-hybridized carbons (Fsp3) is 0.917. The highest BCUT2D eigenvalue weighted by atomic mass is 32.2. The van der Waals surface area contributed by atoms with Crippen molar-refractivity contribution in [2.75, 3.05) is 26.4 Å². The average Bonchev–Trinajstić information content (AvgIpc) is 2.77. The SMILES string of the molecule is CNC(=O)CCCNCC1(SC)CCCC1. The van der Waals surface area contributed by atoms with E-state index in [-0.39, 0.29) is 5.91 Å². The number of thioether (sulfide) groups is 1. The number of amides is 1. The Hall–Kier alpha value is -0.220. The highest BCUT2D eigenvalue weighted by molar-refractivity contribution is 8.00. The molecule has 0 aromatic heterocycles. The molecule has 1 saturated carbocycles. The minimum Gasteiger partial charge on any atom is -0.359 e. The molecule has 94 valence electrons. The summed E-state index contributed by atoms with van der Waals surface area (Å²) in [4.78, 5) is 11.0. The van der Waals surface area contributed by atoms with E-state index in [9.17, 15) is 4.79 Å². The van der Waals surface area contributed by atoms with Gasteiger partial charge in [0.05, 0.1) is 0 Å². The summed E-state index contributed by atoms with van der Waals surface area (Å²) in [6, 6.07) is 0. The van der Waals surface area contributed by atoms with E-state index in [1.54, 1.807) is 7.05 Å². The van der Waals surface area contributed by atoms with Crippen molar-refractivity contribution in [3.8, 4) is 0 Å². The van der Waals surface area contributed by atoms with Crippen LogP contribution in [0.3, 0.4) is 0 Å². The van der Waals surface area contributed by atoms with Crippen LogP contribution in [0.4, 0.5) is 0 Å². The van der Waals surface area contributed by atoms with Crippen molar-refractivity contribution in [1.82, 2.24) is 10.6 Å². The molecule has 16 heavy (non-hydrogen) atoms. The smallest absolute Gasteiger partial charge is 0.219 e. The Bertz CT molecular complexity index is 215. The molecule has 1 aliphatic carbocycles. The molecule has 0 saturated heterocycles. The molecule has 0 spiro atoms. The summed E-state index contributed by atoms with van der Waals surface area (Å²) in [5, 5.41) is 6.14. The Kier molecular flexibility index (Phi) is 6.21. The molecule has 1 rings (SSSR count). The lowest BCUT2D eigenvalue weighted by Crippen LogP contribution is -2.35. The number of hydrogen-bond donors (Lipinski definition) is 2. The molecule has 0 atom stereocenters. The average molecular weight is 244 g/mol. The fourth-order valence-corrected chi connectivity index (χ4v) is 3.23. The van der Waals surface area contributed by atoms with Gasteiger partial charge in [0, 0.05) is 24.8 Å². The standard InChI is InChI=1S/C12H24N2OS/c1-13-11(15)6-5-9-14-10-12(16-2)7-3-4-8-12/h14H,3-10H2,1-2H3,(H,13,15). The van der Waals surface area contributed by atoms with Crippen LogP contribution in [0.2, 0.25) is 0 Å². The topological polar surface area (TPSA) is 41.1 Å². The first-order valence-electron chi connectivity index (χ1n) is 6.19. The maximum absolute atomic E-state index is 11.0. The third-order valence-electron chi connectivity index (χ3n) is 3.43. The zero-order valence-electron chi connectivity index (χ0n) is 10.5. The summed E-state index contributed by atoms with van der Waals surface area (Å²) in [6.07, 6.45) is 9.23. The summed E-state index contributed by atoms with van der Waals surface area (Å²) in [7, 11) is 1.69. The van der Waals surface area contributed by atoms with E-state index in [2.05, 4.69) is 16.9 Å². The maximum atomic E-state index is 11.0. The third kappa shape index (κ3) is 4.34. The Morgan fingerprint density at radius 2 is 2.06 bits per heavy atom. The van der Waals surface area contributed by atoms with Gasteiger partial charge in [0.15, 0.2) is 0 Å². The van der Waals surface area contributed by atoms with Crippen LogP contribution < -0.4 is 10.6 Å². The molecular formula is C12H24N2OS. The van der Waals surface area contributed by atoms with Crippen molar-refractivity contribution >= 4 is 17.7 Å². The number of nitrogens with one attached hydrogen (secondary N) is 2. The Morgan fingerprint density at radius 1 is 1.38 bits per heavy atom. The second-order valence-electron chi connectivity index (χ2n) is 4.55. The fourth-order valence-electron chi connectivity index (χ4n) is 2.29. The Labute approximate surface area is 103 Å². The van der Waals surface area contributed by atoms with Gasteiger partial charge >= 0.3 is 0 Å². The van der Waals surface area contributed by atoms with Crippen molar-refractivity contribution in [1.29, 1.82) is 0 Å². The predicted octanol–water partition coefficient (Wildman–Crippen LogP) is 1.78. The molecule has 0 heterocycles. The molecule has 0 aliphatic heterocycles. The molecule has 0 bridgehead atoms. The van der Waals surface area contributed by atoms with Gasteiger partial charge in [0.2, 0.25) is 5.91 Å². The zero-order valence-corrected chi connectivity index (χ0v) is 11.3. The largest absolute Gasteiger partial charge is 0.359 e.